The molecule has 1 aromatic heterocycles. The first kappa shape index (κ1) is 11.6. The zero-order valence-corrected chi connectivity index (χ0v) is 10.5. The number of rotatable bonds is 2. The summed E-state index contributed by atoms with van der Waals surface area (Å²) in [6.45, 7) is 1.86. The number of hydrogen-bond donors (Lipinski definition) is 0. The van der Waals surface area contributed by atoms with Crippen LogP contribution in [-0.2, 0) is 4.79 Å². The Bertz CT molecular complexity index is 622. The first-order chi connectivity index (χ1) is 9.27. The third-order valence-electron chi connectivity index (χ3n) is 3.13. The van der Waals surface area contributed by atoms with Gasteiger partial charge in [-0.3, -0.25) is 9.78 Å². The second-order valence-corrected chi connectivity index (χ2v) is 4.41. The van der Waals surface area contributed by atoms with Crippen molar-refractivity contribution < 1.29 is 4.79 Å². The molecule has 1 aliphatic heterocycles. The molecular formula is C15H13N3O. The summed E-state index contributed by atoms with van der Waals surface area (Å²) in [4.78, 5) is 16.5. The number of para-hydroxylation sites is 1. The van der Waals surface area contributed by atoms with E-state index >= 15 is 0 Å². The van der Waals surface area contributed by atoms with E-state index in [1.165, 1.54) is 5.01 Å². The average Bonchev–Trinajstić information content (AvgIpc) is 2.77. The Hall–Kier alpha value is -2.49. The molecule has 19 heavy (non-hydrogen) atoms. The van der Waals surface area contributed by atoms with Gasteiger partial charge in [-0.05, 0) is 31.2 Å². The van der Waals surface area contributed by atoms with Crippen molar-refractivity contribution in [3.05, 3.63) is 60.4 Å². The summed E-state index contributed by atoms with van der Waals surface area (Å²) in [5.74, 6) is -0.290. The summed E-state index contributed by atoms with van der Waals surface area (Å²) in [5.41, 5.74) is 2.25. The molecule has 2 aromatic rings. The summed E-state index contributed by atoms with van der Waals surface area (Å²) >= 11 is 0. The van der Waals surface area contributed by atoms with Crippen LogP contribution in [0.1, 0.15) is 12.6 Å². The molecule has 0 radical (unpaired) electrons. The minimum Gasteiger partial charge on any atom is -0.272 e. The van der Waals surface area contributed by atoms with E-state index in [2.05, 4.69) is 10.1 Å². The maximum absolute atomic E-state index is 12.3. The normalized spacial score (nSPS) is 18.6. The predicted octanol–water partition coefficient (Wildman–Crippen LogP) is 2.47. The molecule has 0 fully saturated rings. The molecule has 1 amide bonds. The zero-order chi connectivity index (χ0) is 13.2. The van der Waals surface area contributed by atoms with Crippen molar-refractivity contribution in [2.45, 2.75) is 6.92 Å². The fourth-order valence-corrected chi connectivity index (χ4v) is 2.09. The molecule has 0 saturated carbocycles. The highest BCUT2D eigenvalue weighted by molar-refractivity contribution is 6.20. The number of hydrazone groups is 1. The summed E-state index contributed by atoms with van der Waals surface area (Å²) in [7, 11) is 0. The highest BCUT2D eigenvalue weighted by Crippen LogP contribution is 2.25. The SMILES string of the molecule is CC1C(=O)N(c2ccccc2)N=C1c1ccccn1. The third-order valence-corrected chi connectivity index (χ3v) is 3.13. The van der Waals surface area contributed by atoms with Crippen LogP contribution < -0.4 is 5.01 Å². The number of benzene rings is 1. The van der Waals surface area contributed by atoms with Gasteiger partial charge in [-0.1, -0.05) is 24.3 Å². The predicted molar refractivity (Wildman–Crippen MR) is 73.9 cm³/mol. The second kappa shape index (κ2) is 4.65. The molecule has 0 aliphatic carbocycles. The van der Waals surface area contributed by atoms with Crippen molar-refractivity contribution >= 4 is 17.3 Å². The zero-order valence-electron chi connectivity index (χ0n) is 10.5. The number of carbonyl (C=O) groups is 1. The van der Waals surface area contributed by atoms with Gasteiger partial charge in [-0.15, -0.1) is 0 Å². The summed E-state index contributed by atoms with van der Waals surface area (Å²) in [5, 5.41) is 5.88. The van der Waals surface area contributed by atoms with E-state index < -0.39 is 0 Å². The lowest BCUT2D eigenvalue weighted by molar-refractivity contribution is -0.119. The molecule has 4 heteroatoms. The largest absolute Gasteiger partial charge is 0.272 e. The molecule has 1 unspecified atom stereocenters. The third kappa shape index (κ3) is 2.01. The van der Waals surface area contributed by atoms with Gasteiger partial charge >= 0.3 is 0 Å². The van der Waals surface area contributed by atoms with Crippen molar-refractivity contribution in [3.8, 4) is 0 Å². The van der Waals surface area contributed by atoms with Gasteiger partial charge in [-0.2, -0.15) is 10.1 Å². The fourth-order valence-electron chi connectivity index (χ4n) is 2.09. The first-order valence-electron chi connectivity index (χ1n) is 6.16. The molecule has 0 saturated heterocycles. The average molecular weight is 251 g/mol. The topological polar surface area (TPSA) is 45.6 Å². The van der Waals surface area contributed by atoms with Gasteiger partial charge < -0.3 is 0 Å². The van der Waals surface area contributed by atoms with E-state index in [0.717, 1.165) is 17.1 Å². The van der Waals surface area contributed by atoms with Gasteiger partial charge in [0.25, 0.3) is 5.91 Å². The van der Waals surface area contributed by atoms with Crippen LogP contribution in [0.25, 0.3) is 0 Å². The molecule has 0 bridgehead atoms. The van der Waals surface area contributed by atoms with Crippen LogP contribution in [-0.4, -0.2) is 16.6 Å². The van der Waals surface area contributed by atoms with Crippen molar-refractivity contribution in [1.29, 1.82) is 0 Å². The maximum Gasteiger partial charge on any atom is 0.256 e. The van der Waals surface area contributed by atoms with E-state index in [9.17, 15) is 4.79 Å². The Morgan fingerprint density at radius 1 is 1.05 bits per heavy atom. The highest BCUT2D eigenvalue weighted by Gasteiger charge is 2.34. The van der Waals surface area contributed by atoms with Gasteiger partial charge in [0.1, 0.15) is 0 Å². The Morgan fingerprint density at radius 2 is 1.79 bits per heavy atom. The number of amides is 1. The molecule has 3 rings (SSSR count). The number of carbonyl (C=O) groups excluding carboxylic acids is 1. The van der Waals surface area contributed by atoms with Crippen LogP contribution >= 0.6 is 0 Å². The standard InChI is InChI=1S/C15H13N3O/c1-11-14(13-9-5-6-10-16-13)17-18(15(11)19)12-7-3-2-4-8-12/h2-11H,1H3. The van der Waals surface area contributed by atoms with Crippen LogP contribution in [0.3, 0.4) is 0 Å². The van der Waals surface area contributed by atoms with Crippen LogP contribution in [0, 0.1) is 5.92 Å². The summed E-state index contributed by atoms with van der Waals surface area (Å²) in [6, 6.07) is 15.1. The van der Waals surface area contributed by atoms with E-state index in [0.29, 0.717) is 0 Å². The minimum absolute atomic E-state index is 0.0214. The van der Waals surface area contributed by atoms with Crippen LogP contribution in [0.2, 0.25) is 0 Å². The van der Waals surface area contributed by atoms with Crippen molar-refractivity contribution in [1.82, 2.24) is 4.98 Å². The minimum atomic E-state index is -0.268. The monoisotopic (exact) mass is 251 g/mol. The summed E-state index contributed by atoms with van der Waals surface area (Å²) in [6.07, 6.45) is 1.71. The molecule has 1 aromatic carbocycles. The van der Waals surface area contributed by atoms with Gasteiger partial charge in [0.15, 0.2) is 0 Å². The lowest BCUT2D eigenvalue weighted by atomic mass is 10.0. The summed E-state index contributed by atoms with van der Waals surface area (Å²) < 4.78 is 0. The lowest BCUT2D eigenvalue weighted by Crippen LogP contribution is -2.25. The maximum atomic E-state index is 12.3. The number of pyridine rings is 1. The van der Waals surface area contributed by atoms with Gasteiger partial charge in [0.2, 0.25) is 0 Å². The number of anilines is 1. The van der Waals surface area contributed by atoms with Crippen LogP contribution in [0.5, 0.6) is 0 Å². The molecule has 94 valence electrons. The molecule has 4 nitrogen and oxygen atoms in total. The highest BCUT2D eigenvalue weighted by atomic mass is 16.2. The first-order valence-corrected chi connectivity index (χ1v) is 6.16. The van der Waals surface area contributed by atoms with Gasteiger partial charge in [-0.25, -0.2) is 0 Å². The van der Waals surface area contributed by atoms with Gasteiger partial charge in [0.05, 0.1) is 23.0 Å². The van der Waals surface area contributed by atoms with Crippen molar-refractivity contribution in [3.63, 3.8) is 0 Å². The number of nitrogens with zero attached hydrogens (tertiary/aromatic N) is 3. The molecule has 0 spiro atoms. The Kier molecular flexibility index (Phi) is 2.83. The molecular weight excluding hydrogens is 238 g/mol. The number of hydrogen-bond acceptors (Lipinski definition) is 3. The molecule has 2 heterocycles. The molecule has 1 atom stereocenters. The quantitative estimate of drug-likeness (QED) is 0.823. The lowest BCUT2D eigenvalue weighted by Gasteiger charge is -2.11. The van der Waals surface area contributed by atoms with E-state index in [-0.39, 0.29) is 11.8 Å². The Labute approximate surface area is 111 Å². The van der Waals surface area contributed by atoms with Crippen LogP contribution in [0.4, 0.5) is 5.69 Å². The van der Waals surface area contributed by atoms with Crippen LogP contribution in [0.15, 0.2) is 59.8 Å². The fraction of sp³-hybridized carbons (Fsp3) is 0.133. The van der Waals surface area contributed by atoms with Crippen molar-refractivity contribution in [2.75, 3.05) is 5.01 Å². The van der Waals surface area contributed by atoms with Gasteiger partial charge in [0, 0.05) is 6.20 Å². The smallest absolute Gasteiger partial charge is 0.256 e. The molecule has 1 aliphatic rings. The van der Waals surface area contributed by atoms with E-state index in [4.69, 9.17) is 0 Å². The Morgan fingerprint density at radius 3 is 2.47 bits per heavy atom. The second-order valence-electron chi connectivity index (χ2n) is 4.41. The molecule has 0 N–H and O–H groups in total. The Balaban J connectivity index is 2.01. The van der Waals surface area contributed by atoms with Crippen molar-refractivity contribution in [2.24, 2.45) is 11.0 Å². The van der Waals surface area contributed by atoms with E-state index in [1.54, 1.807) is 6.20 Å². The number of aromatic nitrogens is 1. The van der Waals surface area contributed by atoms with E-state index in [1.807, 2.05) is 55.5 Å².